The standard InChI is InChI=1S/C16H18FNO3/c1-10-2-3-11(8-13(10)17)14(19)18-6-4-16(5-7-18)9-12(16)15(20)21/h2-3,8,12H,4-7,9H2,1H3,(H,20,21). The molecule has 1 aliphatic heterocycles. The predicted molar refractivity (Wildman–Crippen MR) is 74.5 cm³/mol. The fourth-order valence-corrected chi connectivity index (χ4v) is 3.31. The molecule has 3 rings (SSSR count). The summed E-state index contributed by atoms with van der Waals surface area (Å²) in [6.07, 6.45) is 2.18. The Balaban J connectivity index is 1.66. The van der Waals surface area contributed by atoms with Crippen LogP contribution >= 0.6 is 0 Å². The first-order valence-corrected chi connectivity index (χ1v) is 7.21. The highest BCUT2D eigenvalue weighted by molar-refractivity contribution is 5.94. The van der Waals surface area contributed by atoms with E-state index in [1.807, 2.05) is 0 Å². The van der Waals surface area contributed by atoms with Gasteiger partial charge in [0.15, 0.2) is 0 Å². The molecule has 5 heteroatoms. The van der Waals surface area contributed by atoms with E-state index in [9.17, 15) is 14.0 Å². The van der Waals surface area contributed by atoms with Crippen molar-refractivity contribution in [2.75, 3.05) is 13.1 Å². The van der Waals surface area contributed by atoms with Crippen molar-refractivity contribution in [1.82, 2.24) is 4.90 Å². The Morgan fingerprint density at radius 3 is 2.52 bits per heavy atom. The van der Waals surface area contributed by atoms with E-state index < -0.39 is 5.97 Å². The Hall–Kier alpha value is -1.91. The monoisotopic (exact) mass is 291 g/mol. The van der Waals surface area contributed by atoms with Gasteiger partial charge >= 0.3 is 5.97 Å². The highest BCUT2D eigenvalue weighted by Crippen LogP contribution is 2.59. The number of nitrogens with zero attached hydrogens (tertiary/aromatic N) is 1. The highest BCUT2D eigenvalue weighted by atomic mass is 19.1. The van der Waals surface area contributed by atoms with E-state index in [-0.39, 0.29) is 23.1 Å². The molecule has 1 N–H and O–H groups in total. The zero-order valence-corrected chi connectivity index (χ0v) is 11.9. The molecule has 1 aromatic carbocycles. The summed E-state index contributed by atoms with van der Waals surface area (Å²) >= 11 is 0. The van der Waals surface area contributed by atoms with Crippen LogP contribution in [0.2, 0.25) is 0 Å². The number of halogens is 1. The number of carbonyl (C=O) groups is 2. The number of likely N-dealkylation sites (tertiary alicyclic amines) is 1. The first kappa shape index (κ1) is 14.0. The number of carboxylic acid groups (broad SMARTS) is 1. The van der Waals surface area contributed by atoms with Gasteiger partial charge in [0.1, 0.15) is 5.82 Å². The van der Waals surface area contributed by atoms with Crippen molar-refractivity contribution in [3.05, 3.63) is 35.1 Å². The van der Waals surface area contributed by atoms with Crippen molar-refractivity contribution in [2.24, 2.45) is 11.3 Å². The predicted octanol–water partition coefficient (Wildman–Crippen LogP) is 2.46. The molecule has 0 aromatic heterocycles. The molecule has 112 valence electrons. The Morgan fingerprint density at radius 1 is 1.33 bits per heavy atom. The first-order chi connectivity index (χ1) is 9.93. The quantitative estimate of drug-likeness (QED) is 0.910. The van der Waals surface area contributed by atoms with Gasteiger partial charge in [0.25, 0.3) is 5.91 Å². The van der Waals surface area contributed by atoms with Crippen LogP contribution < -0.4 is 0 Å². The minimum Gasteiger partial charge on any atom is -0.481 e. The van der Waals surface area contributed by atoms with Gasteiger partial charge < -0.3 is 10.0 Å². The van der Waals surface area contributed by atoms with Crippen LogP contribution in [0.15, 0.2) is 18.2 Å². The van der Waals surface area contributed by atoms with Crippen molar-refractivity contribution in [3.63, 3.8) is 0 Å². The van der Waals surface area contributed by atoms with Gasteiger partial charge in [-0.1, -0.05) is 6.07 Å². The van der Waals surface area contributed by atoms with Gasteiger partial charge in [-0.2, -0.15) is 0 Å². The Morgan fingerprint density at radius 2 is 2.00 bits per heavy atom. The lowest BCUT2D eigenvalue weighted by atomic mass is 9.90. The molecular weight excluding hydrogens is 273 g/mol. The topological polar surface area (TPSA) is 57.6 Å². The highest BCUT2D eigenvalue weighted by Gasteiger charge is 2.59. The van der Waals surface area contributed by atoms with E-state index in [2.05, 4.69) is 0 Å². The van der Waals surface area contributed by atoms with Crippen LogP contribution in [0, 0.1) is 24.1 Å². The van der Waals surface area contributed by atoms with Crippen molar-refractivity contribution < 1.29 is 19.1 Å². The second-order valence-electron chi connectivity index (χ2n) is 6.21. The van der Waals surface area contributed by atoms with Crippen molar-refractivity contribution in [1.29, 1.82) is 0 Å². The molecule has 21 heavy (non-hydrogen) atoms. The minimum absolute atomic E-state index is 0.0961. The maximum Gasteiger partial charge on any atom is 0.307 e. The average Bonchev–Trinajstić information content (AvgIpc) is 3.16. The molecular formula is C16H18FNO3. The van der Waals surface area contributed by atoms with Crippen LogP contribution in [-0.2, 0) is 4.79 Å². The Labute approximate surface area is 122 Å². The number of carbonyl (C=O) groups excluding carboxylic acids is 1. The number of rotatable bonds is 2. The van der Waals surface area contributed by atoms with Crippen molar-refractivity contribution in [3.8, 4) is 0 Å². The molecule has 1 saturated heterocycles. The van der Waals surface area contributed by atoms with Gasteiger partial charge in [-0.05, 0) is 49.3 Å². The summed E-state index contributed by atoms with van der Waals surface area (Å²) in [6, 6.07) is 4.52. The number of piperidine rings is 1. The van der Waals surface area contributed by atoms with Gasteiger partial charge in [-0.25, -0.2) is 4.39 Å². The lowest BCUT2D eigenvalue weighted by Gasteiger charge is -2.32. The molecule has 0 radical (unpaired) electrons. The van der Waals surface area contributed by atoms with Crippen molar-refractivity contribution >= 4 is 11.9 Å². The normalized spacial score (nSPS) is 23.1. The second kappa shape index (κ2) is 4.83. The minimum atomic E-state index is -0.726. The van der Waals surface area contributed by atoms with E-state index in [4.69, 9.17) is 5.11 Å². The largest absolute Gasteiger partial charge is 0.481 e. The SMILES string of the molecule is Cc1ccc(C(=O)N2CCC3(CC2)CC3C(=O)O)cc1F. The molecule has 1 unspecified atom stereocenters. The molecule has 1 aromatic rings. The van der Waals surface area contributed by atoms with Crippen LogP contribution in [-0.4, -0.2) is 35.0 Å². The molecule has 2 fully saturated rings. The summed E-state index contributed by atoms with van der Waals surface area (Å²) in [4.78, 5) is 25.1. The molecule has 4 nitrogen and oxygen atoms in total. The Kier molecular flexibility index (Phi) is 3.23. The van der Waals surface area contributed by atoms with Crippen LogP contribution in [0.4, 0.5) is 4.39 Å². The summed E-state index contributed by atoms with van der Waals surface area (Å²) in [5.74, 6) is -1.51. The molecule has 1 saturated carbocycles. The smallest absolute Gasteiger partial charge is 0.307 e. The van der Waals surface area contributed by atoms with E-state index >= 15 is 0 Å². The van der Waals surface area contributed by atoms with Gasteiger partial charge in [-0.15, -0.1) is 0 Å². The number of benzene rings is 1. The molecule has 1 amide bonds. The van der Waals surface area contributed by atoms with Gasteiger partial charge in [0, 0.05) is 18.7 Å². The molecule has 1 spiro atoms. The number of aliphatic carboxylic acids is 1. The third-order valence-corrected chi connectivity index (χ3v) is 4.95. The lowest BCUT2D eigenvalue weighted by molar-refractivity contribution is -0.139. The second-order valence-corrected chi connectivity index (χ2v) is 6.21. The van der Waals surface area contributed by atoms with Crippen LogP contribution in [0.5, 0.6) is 0 Å². The summed E-state index contributed by atoms with van der Waals surface area (Å²) < 4.78 is 13.5. The van der Waals surface area contributed by atoms with Crippen molar-refractivity contribution in [2.45, 2.75) is 26.2 Å². The summed E-state index contributed by atoms with van der Waals surface area (Å²) in [5.41, 5.74) is 0.785. The molecule has 0 bridgehead atoms. The Bertz CT molecular complexity index is 606. The van der Waals surface area contributed by atoms with Gasteiger partial charge in [-0.3, -0.25) is 9.59 Å². The lowest BCUT2D eigenvalue weighted by Crippen LogP contribution is -2.40. The maximum absolute atomic E-state index is 13.5. The summed E-state index contributed by atoms with van der Waals surface area (Å²) in [6.45, 7) is 2.77. The van der Waals surface area contributed by atoms with Gasteiger partial charge in [0.05, 0.1) is 5.92 Å². The summed E-state index contributed by atoms with van der Waals surface area (Å²) in [7, 11) is 0. The zero-order chi connectivity index (χ0) is 15.2. The molecule has 1 heterocycles. The third-order valence-electron chi connectivity index (χ3n) is 4.95. The van der Waals surface area contributed by atoms with Crippen LogP contribution in [0.3, 0.4) is 0 Å². The zero-order valence-electron chi connectivity index (χ0n) is 11.9. The van der Waals surface area contributed by atoms with E-state index in [1.54, 1.807) is 24.0 Å². The number of amides is 1. The van der Waals surface area contributed by atoms with Crippen LogP contribution in [0.25, 0.3) is 0 Å². The number of aryl methyl sites for hydroxylation is 1. The first-order valence-electron chi connectivity index (χ1n) is 7.21. The van der Waals surface area contributed by atoms with Crippen LogP contribution in [0.1, 0.15) is 35.2 Å². The maximum atomic E-state index is 13.5. The number of carboxylic acids is 1. The van der Waals surface area contributed by atoms with E-state index in [1.165, 1.54) is 6.07 Å². The molecule has 2 aliphatic rings. The average molecular weight is 291 g/mol. The molecule has 1 aliphatic carbocycles. The third kappa shape index (κ3) is 2.41. The fraction of sp³-hybridized carbons (Fsp3) is 0.500. The molecule has 1 atom stereocenters. The number of hydrogen-bond donors (Lipinski definition) is 1. The summed E-state index contributed by atoms with van der Waals surface area (Å²) in [5, 5.41) is 9.06. The van der Waals surface area contributed by atoms with E-state index in [0.29, 0.717) is 24.2 Å². The van der Waals surface area contributed by atoms with E-state index in [0.717, 1.165) is 19.3 Å². The fourth-order valence-electron chi connectivity index (χ4n) is 3.31. The van der Waals surface area contributed by atoms with Gasteiger partial charge in [0.2, 0.25) is 0 Å². The number of hydrogen-bond acceptors (Lipinski definition) is 2.